The van der Waals surface area contributed by atoms with Crippen LogP contribution in [0.1, 0.15) is 67.1 Å². The summed E-state index contributed by atoms with van der Waals surface area (Å²) in [6.45, 7) is 17.7. The van der Waals surface area contributed by atoms with E-state index in [-0.39, 0.29) is 12.0 Å². The van der Waals surface area contributed by atoms with Crippen molar-refractivity contribution >= 4 is 51.4 Å². The number of hydrogen-bond donors (Lipinski definition) is 0. The Bertz CT molecular complexity index is 2290. The summed E-state index contributed by atoms with van der Waals surface area (Å²) in [5, 5.41) is 2.64. The first kappa shape index (κ1) is 31.9. The van der Waals surface area contributed by atoms with Crippen LogP contribution < -0.4 is 9.80 Å². The second-order valence-electron chi connectivity index (χ2n) is 14.7. The van der Waals surface area contributed by atoms with Crippen LogP contribution in [0.3, 0.4) is 0 Å². The first-order valence-corrected chi connectivity index (χ1v) is 17.9. The number of aryl methyl sites for hydroxylation is 8. The highest BCUT2D eigenvalue weighted by Crippen LogP contribution is 2.49. The topological polar surface area (TPSA) is 6.48 Å². The van der Waals surface area contributed by atoms with Gasteiger partial charge in [-0.05, 0) is 177 Å². The maximum Gasteiger partial charge on any atom is 0.0629 e. The van der Waals surface area contributed by atoms with E-state index in [2.05, 4.69) is 187 Å². The molecule has 0 aliphatic heterocycles. The Morgan fingerprint density at radius 1 is 0.420 bits per heavy atom. The Morgan fingerprint density at radius 2 is 0.880 bits per heavy atom. The average Bonchev–Trinajstić information content (AvgIpc) is 3.11. The van der Waals surface area contributed by atoms with Crippen LogP contribution in [0.5, 0.6) is 0 Å². The fourth-order valence-corrected chi connectivity index (χ4v) is 7.90. The highest BCUT2D eigenvalue weighted by Gasteiger charge is 2.35. The van der Waals surface area contributed by atoms with E-state index in [1.165, 1.54) is 100 Å². The van der Waals surface area contributed by atoms with Crippen LogP contribution in [-0.4, -0.2) is 6.04 Å². The second-order valence-corrected chi connectivity index (χ2v) is 14.7. The second kappa shape index (κ2) is 12.2. The molecule has 50 heavy (non-hydrogen) atoms. The molecule has 2 heteroatoms. The molecule has 2 unspecified atom stereocenters. The maximum atomic E-state index is 2.57. The molecular formula is C48H46N2. The molecule has 2 atom stereocenters. The zero-order valence-electron chi connectivity index (χ0n) is 30.6. The third kappa shape index (κ3) is 5.26. The highest BCUT2D eigenvalue weighted by atomic mass is 15.2. The molecule has 0 aromatic heterocycles. The molecule has 248 valence electrons. The lowest BCUT2D eigenvalue weighted by Crippen LogP contribution is -2.36. The van der Waals surface area contributed by atoms with Crippen molar-refractivity contribution in [1.82, 2.24) is 0 Å². The number of nitrogens with zero attached hydrogens (tertiary/aromatic N) is 2. The summed E-state index contributed by atoms with van der Waals surface area (Å²) in [7, 11) is 0. The van der Waals surface area contributed by atoms with Crippen molar-refractivity contribution in [2.75, 3.05) is 9.80 Å². The van der Waals surface area contributed by atoms with Crippen LogP contribution in [0.25, 0.3) is 22.9 Å². The van der Waals surface area contributed by atoms with Crippen molar-refractivity contribution in [1.29, 1.82) is 0 Å². The minimum absolute atomic E-state index is 0.112. The van der Waals surface area contributed by atoms with E-state index in [0.29, 0.717) is 0 Å². The summed E-state index contributed by atoms with van der Waals surface area (Å²) in [6, 6.07) is 37.0. The van der Waals surface area contributed by atoms with Crippen LogP contribution in [0.4, 0.5) is 28.4 Å². The lowest BCUT2D eigenvalue weighted by atomic mass is 9.75. The summed E-state index contributed by atoms with van der Waals surface area (Å²) < 4.78 is 0. The van der Waals surface area contributed by atoms with Gasteiger partial charge in [-0.25, -0.2) is 0 Å². The zero-order chi connectivity index (χ0) is 34.8. The van der Waals surface area contributed by atoms with Gasteiger partial charge in [0.05, 0.1) is 11.7 Å². The molecule has 2 aliphatic rings. The highest BCUT2D eigenvalue weighted by molar-refractivity contribution is 6.07. The number of hydrogen-bond acceptors (Lipinski definition) is 2. The molecule has 0 saturated carbocycles. The Balaban J connectivity index is 1.33. The van der Waals surface area contributed by atoms with Gasteiger partial charge in [-0.1, -0.05) is 66.8 Å². The molecular weight excluding hydrogens is 605 g/mol. The van der Waals surface area contributed by atoms with Crippen molar-refractivity contribution in [2.24, 2.45) is 0 Å². The lowest BCUT2D eigenvalue weighted by molar-refractivity contribution is 0.694. The normalized spacial score (nSPS) is 15.8. The SMILES string of the molecule is Cc1ccc(N(c2ccc(C)c(C)c2)c2ccc3c4c5c(ccc24)C=CC(N(c2ccc(C)c(C)c2)c2ccc(C)c(C)c2)C5C=C3)cc1C. The van der Waals surface area contributed by atoms with E-state index in [1.54, 1.807) is 0 Å². The Hall–Kier alpha value is -5.34. The summed E-state index contributed by atoms with van der Waals surface area (Å²) in [5.41, 5.74) is 20.5. The van der Waals surface area contributed by atoms with E-state index >= 15 is 0 Å². The Kier molecular flexibility index (Phi) is 7.79. The number of benzene rings is 6. The van der Waals surface area contributed by atoms with Crippen LogP contribution in [0, 0.1) is 55.4 Å². The third-order valence-electron chi connectivity index (χ3n) is 11.5. The van der Waals surface area contributed by atoms with Crippen molar-refractivity contribution in [3.8, 4) is 0 Å². The van der Waals surface area contributed by atoms with E-state index < -0.39 is 0 Å². The van der Waals surface area contributed by atoms with Crippen molar-refractivity contribution < 1.29 is 0 Å². The van der Waals surface area contributed by atoms with Gasteiger partial charge in [-0.3, -0.25) is 0 Å². The molecule has 0 N–H and O–H groups in total. The van der Waals surface area contributed by atoms with Gasteiger partial charge in [0.25, 0.3) is 0 Å². The first-order chi connectivity index (χ1) is 24.1. The van der Waals surface area contributed by atoms with Crippen molar-refractivity contribution in [3.05, 3.63) is 170 Å². The minimum Gasteiger partial charge on any atom is -0.334 e. The molecule has 8 rings (SSSR count). The molecule has 0 bridgehead atoms. The largest absolute Gasteiger partial charge is 0.334 e. The molecule has 0 amide bonds. The van der Waals surface area contributed by atoms with Crippen molar-refractivity contribution in [2.45, 2.75) is 67.3 Å². The maximum absolute atomic E-state index is 2.57. The van der Waals surface area contributed by atoms with E-state index in [1.807, 2.05) is 0 Å². The summed E-state index contributed by atoms with van der Waals surface area (Å²) in [5.74, 6) is 0.182. The molecule has 0 heterocycles. The monoisotopic (exact) mass is 650 g/mol. The number of anilines is 5. The van der Waals surface area contributed by atoms with Crippen LogP contribution in [0.15, 0.2) is 109 Å². The lowest BCUT2D eigenvalue weighted by Gasteiger charge is -2.41. The predicted molar refractivity (Wildman–Crippen MR) is 216 cm³/mol. The molecule has 2 aliphatic carbocycles. The van der Waals surface area contributed by atoms with E-state index in [4.69, 9.17) is 0 Å². The van der Waals surface area contributed by atoms with Gasteiger partial charge in [0, 0.05) is 34.1 Å². The van der Waals surface area contributed by atoms with Gasteiger partial charge in [-0.15, -0.1) is 0 Å². The quantitative estimate of drug-likeness (QED) is 0.177. The standard InChI is InChI=1S/C48H46N2/c1-29-9-17-39(25-33(29)5)49(40-18-10-30(2)34(6)26-40)45-23-15-37-14-22-44-46(24-16-38-13-21-43(45)47(37)48(38)44)50(41-19-11-31(3)35(7)27-41)42-20-12-32(4)36(8)28-42/h9-28,43,45H,1-8H3. The molecule has 6 aromatic carbocycles. The summed E-state index contributed by atoms with van der Waals surface area (Å²) in [4.78, 5) is 5.03. The van der Waals surface area contributed by atoms with Crippen LogP contribution in [-0.2, 0) is 0 Å². The first-order valence-electron chi connectivity index (χ1n) is 17.9. The van der Waals surface area contributed by atoms with Gasteiger partial charge >= 0.3 is 0 Å². The molecule has 2 nitrogen and oxygen atoms in total. The molecule has 0 fully saturated rings. The average molecular weight is 651 g/mol. The van der Waals surface area contributed by atoms with Crippen LogP contribution >= 0.6 is 0 Å². The fraction of sp³-hybridized carbons (Fsp3) is 0.208. The Morgan fingerprint density at radius 3 is 1.40 bits per heavy atom. The van der Waals surface area contributed by atoms with Gasteiger partial charge in [-0.2, -0.15) is 0 Å². The third-order valence-corrected chi connectivity index (χ3v) is 11.5. The predicted octanol–water partition coefficient (Wildman–Crippen LogP) is 13.1. The van der Waals surface area contributed by atoms with Gasteiger partial charge < -0.3 is 9.80 Å². The number of rotatable bonds is 6. The minimum atomic E-state index is 0.112. The summed E-state index contributed by atoms with van der Waals surface area (Å²) in [6.07, 6.45) is 9.62. The van der Waals surface area contributed by atoms with Gasteiger partial charge in [0.2, 0.25) is 0 Å². The van der Waals surface area contributed by atoms with Crippen molar-refractivity contribution in [3.63, 3.8) is 0 Å². The molecule has 0 saturated heterocycles. The fourth-order valence-electron chi connectivity index (χ4n) is 7.90. The zero-order valence-corrected chi connectivity index (χ0v) is 30.6. The van der Waals surface area contributed by atoms with Gasteiger partial charge in [0.15, 0.2) is 0 Å². The molecule has 0 spiro atoms. The summed E-state index contributed by atoms with van der Waals surface area (Å²) >= 11 is 0. The molecule has 6 aromatic rings. The van der Waals surface area contributed by atoms with Crippen LogP contribution in [0.2, 0.25) is 0 Å². The van der Waals surface area contributed by atoms with E-state index in [9.17, 15) is 0 Å². The van der Waals surface area contributed by atoms with E-state index in [0.717, 1.165) is 0 Å². The Labute approximate surface area is 298 Å². The molecule has 0 radical (unpaired) electrons. The van der Waals surface area contributed by atoms with Gasteiger partial charge in [0.1, 0.15) is 0 Å². The smallest absolute Gasteiger partial charge is 0.0629 e.